The lowest BCUT2D eigenvalue weighted by Gasteiger charge is -2.02. The Balaban J connectivity index is 2.04. The minimum Gasteiger partial charge on any atom is -0.361 e. The minimum absolute atomic E-state index is 0.282. The third-order valence-electron chi connectivity index (χ3n) is 2.61. The number of hydrogen-bond donors (Lipinski definition) is 1. The summed E-state index contributed by atoms with van der Waals surface area (Å²) in [6.45, 7) is 0. The maximum absolute atomic E-state index is 13.0. The van der Waals surface area contributed by atoms with Crippen molar-refractivity contribution in [3.05, 3.63) is 75.9 Å². The number of halogens is 4. The first-order valence-corrected chi connectivity index (χ1v) is 6.60. The molecule has 2 aromatic carbocycles. The number of nitrogens with one attached hydrogen (secondary N) is 1. The van der Waals surface area contributed by atoms with Gasteiger partial charge in [-0.15, -0.1) is 0 Å². The number of benzene rings is 2. The lowest BCUT2D eigenvalue weighted by molar-refractivity contribution is 0.104. The molecule has 0 unspecified atom stereocenters. The maximum Gasteiger partial charge on any atom is 0.187 e. The molecule has 0 aliphatic heterocycles. The van der Waals surface area contributed by atoms with Crippen LogP contribution in [0.2, 0.25) is 10.0 Å². The number of anilines is 1. The molecular formula is C15H9Cl2F2NO. The Kier molecular flexibility index (Phi) is 4.94. The third kappa shape index (κ3) is 4.03. The molecule has 0 saturated heterocycles. The van der Waals surface area contributed by atoms with E-state index in [2.05, 4.69) is 5.32 Å². The average Bonchev–Trinajstić information content (AvgIpc) is 2.45. The Labute approximate surface area is 130 Å². The van der Waals surface area contributed by atoms with E-state index in [4.69, 9.17) is 23.2 Å². The lowest BCUT2D eigenvalue weighted by Crippen LogP contribution is -1.97. The van der Waals surface area contributed by atoms with Crippen molar-refractivity contribution >= 4 is 34.7 Å². The smallest absolute Gasteiger partial charge is 0.187 e. The lowest BCUT2D eigenvalue weighted by atomic mass is 10.1. The van der Waals surface area contributed by atoms with Gasteiger partial charge in [-0.3, -0.25) is 4.79 Å². The second-order valence-corrected chi connectivity index (χ2v) is 4.91. The summed E-state index contributed by atoms with van der Waals surface area (Å²) >= 11 is 11.6. The van der Waals surface area contributed by atoms with Crippen molar-refractivity contribution in [2.75, 3.05) is 5.32 Å². The molecule has 2 rings (SSSR count). The summed E-state index contributed by atoms with van der Waals surface area (Å²) in [5, 5.41) is 3.31. The molecule has 1 N–H and O–H groups in total. The molecule has 0 aliphatic rings. The molecule has 2 nitrogen and oxygen atoms in total. The van der Waals surface area contributed by atoms with Crippen LogP contribution in [0.3, 0.4) is 0 Å². The predicted molar refractivity (Wildman–Crippen MR) is 79.9 cm³/mol. The standard InChI is InChI=1S/C15H9Cl2F2NO/c16-11-3-1-9(7-12(11)17)15(21)5-6-20-10-2-4-13(18)14(19)8-10/h1-8,20H/b6-5+. The molecule has 0 amide bonds. The Morgan fingerprint density at radius 2 is 1.76 bits per heavy atom. The van der Waals surface area contributed by atoms with Crippen LogP contribution in [0.1, 0.15) is 10.4 Å². The fourth-order valence-corrected chi connectivity index (χ4v) is 1.84. The number of ketones is 1. The van der Waals surface area contributed by atoms with Crippen LogP contribution < -0.4 is 5.32 Å². The number of rotatable bonds is 4. The van der Waals surface area contributed by atoms with Gasteiger partial charge in [-0.25, -0.2) is 8.78 Å². The van der Waals surface area contributed by atoms with Crippen LogP contribution in [0.25, 0.3) is 0 Å². The fraction of sp³-hybridized carbons (Fsp3) is 0. The molecule has 0 atom stereocenters. The van der Waals surface area contributed by atoms with Crippen LogP contribution in [0.4, 0.5) is 14.5 Å². The van der Waals surface area contributed by atoms with Crippen molar-refractivity contribution < 1.29 is 13.6 Å². The molecule has 6 heteroatoms. The predicted octanol–water partition coefficient (Wildman–Crippen LogP) is 5.08. The highest BCUT2D eigenvalue weighted by molar-refractivity contribution is 6.42. The number of carbonyl (C=O) groups excluding carboxylic acids is 1. The highest BCUT2D eigenvalue weighted by atomic mass is 35.5. The van der Waals surface area contributed by atoms with E-state index in [9.17, 15) is 13.6 Å². The van der Waals surface area contributed by atoms with Gasteiger partial charge in [0.1, 0.15) is 0 Å². The molecule has 0 aromatic heterocycles. The van der Waals surface area contributed by atoms with Gasteiger partial charge in [0, 0.05) is 29.6 Å². The van der Waals surface area contributed by atoms with E-state index in [0.717, 1.165) is 12.1 Å². The van der Waals surface area contributed by atoms with Gasteiger partial charge in [-0.1, -0.05) is 23.2 Å². The van der Waals surface area contributed by atoms with Crippen molar-refractivity contribution in [1.82, 2.24) is 0 Å². The second kappa shape index (κ2) is 6.70. The molecule has 0 spiro atoms. The highest BCUT2D eigenvalue weighted by Gasteiger charge is 2.05. The average molecular weight is 328 g/mol. The van der Waals surface area contributed by atoms with Crippen molar-refractivity contribution in [2.45, 2.75) is 0 Å². The van der Waals surface area contributed by atoms with Crippen LogP contribution in [0, 0.1) is 11.6 Å². The number of allylic oxidation sites excluding steroid dienone is 1. The van der Waals surface area contributed by atoms with Gasteiger partial charge in [-0.2, -0.15) is 0 Å². The number of carbonyl (C=O) groups is 1. The van der Waals surface area contributed by atoms with E-state index in [1.54, 1.807) is 6.07 Å². The summed E-state index contributed by atoms with van der Waals surface area (Å²) in [6.07, 6.45) is 2.58. The first-order chi connectivity index (χ1) is 9.97. The summed E-state index contributed by atoms with van der Waals surface area (Å²) in [7, 11) is 0. The van der Waals surface area contributed by atoms with Gasteiger partial charge in [0.05, 0.1) is 10.0 Å². The SMILES string of the molecule is O=C(/C=C/Nc1ccc(F)c(F)c1)c1ccc(Cl)c(Cl)c1. The zero-order valence-electron chi connectivity index (χ0n) is 10.5. The van der Waals surface area contributed by atoms with Crippen molar-refractivity contribution in [3.8, 4) is 0 Å². The normalized spacial score (nSPS) is 10.9. The molecular weight excluding hydrogens is 319 g/mol. The van der Waals surface area contributed by atoms with Gasteiger partial charge in [0.25, 0.3) is 0 Å². The van der Waals surface area contributed by atoms with Crippen LogP contribution in [0.15, 0.2) is 48.7 Å². The number of hydrogen-bond acceptors (Lipinski definition) is 2. The fourth-order valence-electron chi connectivity index (χ4n) is 1.55. The van der Waals surface area contributed by atoms with Crippen molar-refractivity contribution in [3.63, 3.8) is 0 Å². The summed E-state index contributed by atoms with van der Waals surface area (Å²) in [5.74, 6) is -2.20. The van der Waals surface area contributed by atoms with Gasteiger partial charge < -0.3 is 5.32 Å². The quantitative estimate of drug-likeness (QED) is 0.626. The molecule has 0 fully saturated rings. The van der Waals surface area contributed by atoms with Crippen LogP contribution >= 0.6 is 23.2 Å². The van der Waals surface area contributed by atoms with E-state index < -0.39 is 11.6 Å². The molecule has 0 aliphatic carbocycles. The summed E-state index contributed by atoms with van der Waals surface area (Å²) in [5.41, 5.74) is 0.694. The van der Waals surface area contributed by atoms with E-state index in [1.807, 2.05) is 0 Å². The highest BCUT2D eigenvalue weighted by Crippen LogP contribution is 2.23. The van der Waals surface area contributed by atoms with E-state index in [-0.39, 0.29) is 10.8 Å². The maximum atomic E-state index is 13.0. The van der Waals surface area contributed by atoms with Crippen molar-refractivity contribution in [1.29, 1.82) is 0 Å². The Hall–Kier alpha value is -1.91. The van der Waals surface area contributed by atoms with E-state index in [0.29, 0.717) is 16.3 Å². The Morgan fingerprint density at radius 3 is 2.43 bits per heavy atom. The third-order valence-corrected chi connectivity index (χ3v) is 3.35. The second-order valence-electron chi connectivity index (χ2n) is 4.10. The molecule has 0 saturated carbocycles. The molecule has 108 valence electrons. The molecule has 0 bridgehead atoms. The zero-order valence-corrected chi connectivity index (χ0v) is 12.1. The van der Waals surface area contributed by atoms with Crippen molar-refractivity contribution in [2.24, 2.45) is 0 Å². The van der Waals surface area contributed by atoms with Gasteiger partial charge >= 0.3 is 0 Å². The Morgan fingerprint density at radius 1 is 1.00 bits per heavy atom. The summed E-state index contributed by atoms with van der Waals surface area (Å²) in [4.78, 5) is 11.9. The largest absolute Gasteiger partial charge is 0.361 e. The van der Waals surface area contributed by atoms with E-state index in [1.165, 1.54) is 30.5 Å². The summed E-state index contributed by atoms with van der Waals surface area (Å²) in [6, 6.07) is 7.85. The molecule has 21 heavy (non-hydrogen) atoms. The van der Waals surface area contributed by atoms with Gasteiger partial charge in [0.2, 0.25) is 0 Å². The van der Waals surface area contributed by atoms with E-state index >= 15 is 0 Å². The van der Waals surface area contributed by atoms with Crippen LogP contribution in [0.5, 0.6) is 0 Å². The first kappa shape index (κ1) is 15.5. The van der Waals surface area contributed by atoms with Crippen LogP contribution in [-0.2, 0) is 0 Å². The molecule has 0 radical (unpaired) electrons. The molecule has 2 aromatic rings. The van der Waals surface area contributed by atoms with Gasteiger partial charge in [0.15, 0.2) is 17.4 Å². The van der Waals surface area contributed by atoms with Gasteiger partial charge in [-0.05, 0) is 30.3 Å². The molecule has 0 heterocycles. The summed E-state index contributed by atoms with van der Waals surface area (Å²) < 4.78 is 25.7. The minimum atomic E-state index is -0.968. The van der Waals surface area contributed by atoms with Crippen LogP contribution in [-0.4, -0.2) is 5.78 Å². The topological polar surface area (TPSA) is 29.1 Å². The Bertz CT molecular complexity index is 717. The zero-order chi connectivity index (χ0) is 15.4. The first-order valence-electron chi connectivity index (χ1n) is 5.85. The monoisotopic (exact) mass is 327 g/mol.